The van der Waals surface area contributed by atoms with Crippen LogP contribution in [0, 0.1) is 0 Å². The molecule has 0 fully saturated rings. The molecule has 0 aliphatic carbocycles. The summed E-state index contributed by atoms with van der Waals surface area (Å²) in [5.74, 6) is -0.0381. The van der Waals surface area contributed by atoms with Crippen molar-refractivity contribution in [3.63, 3.8) is 0 Å². The average molecular weight is 289 g/mol. The maximum Gasteiger partial charge on any atom is 0.336 e. The van der Waals surface area contributed by atoms with Gasteiger partial charge in [0.15, 0.2) is 0 Å². The molecule has 15 heavy (non-hydrogen) atoms. The zero-order valence-electron chi connectivity index (χ0n) is 8.66. The first kappa shape index (κ1) is 12.6. The SMILES string of the molecule is CC(C)SCc1ccc(Br)c(C(=O)O)c1. The van der Waals surface area contributed by atoms with Crippen LogP contribution in [0.5, 0.6) is 0 Å². The lowest BCUT2D eigenvalue weighted by Crippen LogP contribution is -1.99. The molecule has 0 radical (unpaired) electrons. The van der Waals surface area contributed by atoms with Gasteiger partial charge in [-0.1, -0.05) is 19.9 Å². The Labute approximate surface area is 102 Å². The van der Waals surface area contributed by atoms with Crippen molar-refractivity contribution in [3.8, 4) is 0 Å². The van der Waals surface area contributed by atoms with Crippen LogP contribution >= 0.6 is 27.7 Å². The number of aromatic carboxylic acids is 1. The fraction of sp³-hybridized carbons (Fsp3) is 0.364. The highest BCUT2D eigenvalue weighted by Gasteiger charge is 2.09. The average Bonchev–Trinajstić information content (AvgIpc) is 2.16. The minimum absolute atomic E-state index is 0.330. The fourth-order valence-corrected chi connectivity index (χ4v) is 2.21. The lowest BCUT2D eigenvalue weighted by Gasteiger charge is -2.06. The monoisotopic (exact) mass is 288 g/mol. The highest BCUT2D eigenvalue weighted by Crippen LogP contribution is 2.22. The van der Waals surface area contributed by atoms with E-state index in [0.717, 1.165) is 11.3 Å². The number of carboxylic acid groups (broad SMARTS) is 1. The van der Waals surface area contributed by atoms with Crippen LogP contribution in [-0.2, 0) is 5.75 Å². The molecule has 0 heterocycles. The molecule has 1 aromatic carbocycles. The molecule has 82 valence electrons. The van der Waals surface area contributed by atoms with Crippen LogP contribution < -0.4 is 0 Å². The number of benzene rings is 1. The van der Waals surface area contributed by atoms with E-state index in [2.05, 4.69) is 29.8 Å². The zero-order chi connectivity index (χ0) is 11.4. The zero-order valence-corrected chi connectivity index (χ0v) is 11.1. The smallest absolute Gasteiger partial charge is 0.336 e. The van der Waals surface area contributed by atoms with E-state index in [0.29, 0.717) is 15.3 Å². The van der Waals surface area contributed by atoms with E-state index in [-0.39, 0.29) is 0 Å². The van der Waals surface area contributed by atoms with Crippen LogP contribution in [0.4, 0.5) is 0 Å². The summed E-state index contributed by atoms with van der Waals surface area (Å²) in [5.41, 5.74) is 1.38. The first-order valence-corrected chi connectivity index (χ1v) is 6.48. The molecule has 0 aliphatic heterocycles. The third-order valence-corrected chi connectivity index (χ3v) is 3.70. The van der Waals surface area contributed by atoms with Crippen molar-refractivity contribution in [2.75, 3.05) is 0 Å². The normalized spacial score (nSPS) is 10.7. The quantitative estimate of drug-likeness (QED) is 0.916. The standard InChI is InChI=1S/C11H13BrO2S/c1-7(2)15-6-8-3-4-10(12)9(5-8)11(13)14/h3-5,7H,6H2,1-2H3,(H,13,14). The van der Waals surface area contributed by atoms with Gasteiger partial charge in [0.05, 0.1) is 5.56 Å². The summed E-state index contributed by atoms with van der Waals surface area (Å²) in [6.07, 6.45) is 0. The van der Waals surface area contributed by atoms with Gasteiger partial charge in [0, 0.05) is 10.2 Å². The van der Waals surface area contributed by atoms with E-state index >= 15 is 0 Å². The van der Waals surface area contributed by atoms with Gasteiger partial charge in [-0.25, -0.2) is 4.79 Å². The second kappa shape index (κ2) is 5.56. The molecule has 2 nitrogen and oxygen atoms in total. The predicted octanol–water partition coefficient (Wildman–Crippen LogP) is 3.79. The molecule has 0 saturated carbocycles. The van der Waals surface area contributed by atoms with E-state index < -0.39 is 5.97 Å². The maximum atomic E-state index is 10.9. The van der Waals surface area contributed by atoms with Gasteiger partial charge in [-0.05, 0) is 38.9 Å². The molecule has 0 unspecified atom stereocenters. The summed E-state index contributed by atoms with van der Waals surface area (Å²) in [4.78, 5) is 10.9. The molecule has 0 bridgehead atoms. The topological polar surface area (TPSA) is 37.3 Å². The van der Waals surface area contributed by atoms with Gasteiger partial charge in [-0.3, -0.25) is 0 Å². The van der Waals surface area contributed by atoms with Gasteiger partial charge in [0.1, 0.15) is 0 Å². The van der Waals surface area contributed by atoms with Crippen molar-refractivity contribution in [3.05, 3.63) is 33.8 Å². The Kier molecular flexibility index (Phi) is 4.67. The Morgan fingerprint density at radius 2 is 2.20 bits per heavy atom. The van der Waals surface area contributed by atoms with Crippen molar-refractivity contribution in [2.45, 2.75) is 24.9 Å². The Morgan fingerprint density at radius 3 is 2.73 bits per heavy atom. The maximum absolute atomic E-state index is 10.9. The van der Waals surface area contributed by atoms with E-state index in [1.165, 1.54) is 0 Å². The highest BCUT2D eigenvalue weighted by atomic mass is 79.9. The second-order valence-electron chi connectivity index (χ2n) is 3.48. The van der Waals surface area contributed by atoms with E-state index in [4.69, 9.17) is 5.11 Å². The molecule has 1 rings (SSSR count). The number of carbonyl (C=O) groups is 1. The molecule has 0 aromatic heterocycles. The summed E-state index contributed by atoms with van der Waals surface area (Å²) in [6.45, 7) is 4.25. The van der Waals surface area contributed by atoms with Crippen molar-refractivity contribution >= 4 is 33.7 Å². The predicted molar refractivity (Wildman–Crippen MR) is 67.5 cm³/mol. The number of carboxylic acids is 1. The number of hydrogen-bond donors (Lipinski definition) is 1. The number of halogens is 1. The number of hydrogen-bond acceptors (Lipinski definition) is 2. The van der Waals surface area contributed by atoms with Crippen LogP contribution in [0.3, 0.4) is 0 Å². The van der Waals surface area contributed by atoms with Crippen molar-refractivity contribution in [2.24, 2.45) is 0 Å². The number of thioether (sulfide) groups is 1. The van der Waals surface area contributed by atoms with Crippen LogP contribution in [0.25, 0.3) is 0 Å². The van der Waals surface area contributed by atoms with E-state index in [1.54, 1.807) is 23.9 Å². The van der Waals surface area contributed by atoms with Crippen LogP contribution in [0.1, 0.15) is 29.8 Å². The first-order valence-electron chi connectivity index (χ1n) is 4.64. The van der Waals surface area contributed by atoms with Gasteiger partial charge in [0.2, 0.25) is 0 Å². The summed E-state index contributed by atoms with van der Waals surface area (Å²) in [7, 11) is 0. The molecule has 1 N–H and O–H groups in total. The number of rotatable bonds is 4. The van der Waals surface area contributed by atoms with Crippen molar-refractivity contribution in [1.82, 2.24) is 0 Å². The van der Waals surface area contributed by atoms with Crippen molar-refractivity contribution in [1.29, 1.82) is 0 Å². The van der Waals surface area contributed by atoms with E-state index in [1.807, 2.05) is 6.07 Å². The first-order chi connectivity index (χ1) is 7.00. The van der Waals surface area contributed by atoms with Crippen LogP contribution in [0.15, 0.2) is 22.7 Å². The summed E-state index contributed by atoms with van der Waals surface area (Å²) < 4.78 is 0.633. The van der Waals surface area contributed by atoms with Crippen LogP contribution in [-0.4, -0.2) is 16.3 Å². The summed E-state index contributed by atoms with van der Waals surface area (Å²) in [5, 5.41) is 9.49. The molecular weight excluding hydrogens is 276 g/mol. The van der Waals surface area contributed by atoms with Gasteiger partial charge in [-0.15, -0.1) is 0 Å². The summed E-state index contributed by atoms with van der Waals surface area (Å²) >= 11 is 5.03. The Balaban J connectivity index is 2.83. The van der Waals surface area contributed by atoms with Gasteiger partial charge in [-0.2, -0.15) is 11.8 Å². The molecule has 0 saturated heterocycles. The van der Waals surface area contributed by atoms with Gasteiger partial charge < -0.3 is 5.11 Å². The van der Waals surface area contributed by atoms with Crippen molar-refractivity contribution < 1.29 is 9.90 Å². The minimum Gasteiger partial charge on any atom is -0.478 e. The van der Waals surface area contributed by atoms with Crippen LogP contribution in [0.2, 0.25) is 0 Å². The van der Waals surface area contributed by atoms with E-state index in [9.17, 15) is 4.79 Å². The molecule has 0 amide bonds. The minimum atomic E-state index is -0.890. The van der Waals surface area contributed by atoms with Gasteiger partial charge >= 0.3 is 5.97 Å². The molecule has 1 aromatic rings. The Morgan fingerprint density at radius 1 is 1.53 bits per heavy atom. The molecule has 0 aliphatic rings. The van der Waals surface area contributed by atoms with Gasteiger partial charge in [0.25, 0.3) is 0 Å². The molecular formula is C11H13BrO2S. The Bertz CT molecular complexity index is 364. The highest BCUT2D eigenvalue weighted by molar-refractivity contribution is 9.10. The summed E-state index contributed by atoms with van der Waals surface area (Å²) in [6, 6.07) is 5.47. The largest absolute Gasteiger partial charge is 0.478 e. The lowest BCUT2D eigenvalue weighted by molar-refractivity contribution is 0.0696. The third-order valence-electron chi connectivity index (χ3n) is 1.84. The Hall–Kier alpha value is -0.480. The fourth-order valence-electron chi connectivity index (χ4n) is 1.09. The third kappa shape index (κ3) is 3.87. The molecule has 0 atom stereocenters. The lowest BCUT2D eigenvalue weighted by atomic mass is 10.1. The molecule has 0 spiro atoms. The second-order valence-corrected chi connectivity index (χ2v) is 5.90. The molecule has 4 heteroatoms.